The third-order valence-electron chi connectivity index (χ3n) is 3.38. The summed E-state index contributed by atoms with van der Waals surface area (Å²) >= 11 is 0. The molecule has 0 amide bonds. The molecule has 1 saturated heterocycles. The molecule has 1 aliphatic rings. The van der Waals surface area contributed by atoms with E-state index in [0.717, 1.165) is 12.1 Å². The van der Waals surface area contributed by atoms with Crippen LogP contribution in [0.5, 0.6) is 0 Å². The van der Waals surface area contributed by atoms with Crippen molar-refractivity contribution in [1.82, 2.24) is 10.1 Å². The van der Waals surface area contributed by atoms with Gasteiger partial charge in [-0.25, -0.2) is 13.6 Å². The van der Waals surface area contributed by atoms with Crippen molar-refractivity contribution < 1.29 is 27.6 Å². The van der Waals surface area contributed by atoms with Crippen molar-refractivity contribution in [1.29, 1.82) is 0 Å². The molecule has 3 rings (SSSR count). The summed E-state index contributed by atoms with van der Waals surface area (Å²) in [7, 11) is 1.28. The zero-order chi connectivity index (χ0) is 15.7. The lowest BCUT2D eigenvalue weighted by molar-refractivity contribution is -0.153. The van der Waals surface area contributed by atoms with E-state index in [1.807, 2.05) is 0 Å². The maximum atomic E-state index is 13.2. The maximum Gasteiger partial charge on any atom is 0.335 e. The van der Waals surface area contributed by atoms with Gasteiger partial charge in [-0.3, -0.25) is 0 Å². The fourth-order valence-corrected chi connectivity index (χ4v) is 2.24. The number of carbonyl (C=O) groups excluding carboxylic acids is 1. The lowest BCUT2D eigenvalue weighted by atomic mass is 10.2. The van der Waals surface area contributed by atoms with Crippen LogP contribution in [-0.2, 0) is 14.3 Å². The molecule has 6 nitrogen and oxygen atoms in total. The molecule has 1 fully saturated rings. The van der Waals surface area contributed by atoms with Crippen LogP contribution in [0.2, 0.25) is 0 Å². The van der Waals surface area contributed by atoms with Crippen LogP contribution in [0.25, 0.3) is 11.4 Å². The molecule has 8 heteroatoms. The number of aromatic nitrogens is 2. The van der Waals surface area contributed by atoms with Gasteiger partial charge < -0.3 is 14.0 Å². The molecule has 0 aliphatic carbocycles. The van der Waals surface area contributed by atoms with Gasteiger partial charge in [0.15, 0.2) is 17.7 Å². The first-order valence-corrected chi connectivity index (χ1v) is 6.61. The molecule has 2 heterocycles. The van der Waals surface area contributed by atoms with Gasteiger partial charge in [0.1, 0.15) is 6.10 Å². The monoisotopic (exact) mass is 310 g/mol. The van der Waals surface area contributed by atoms with Crippen LogP contribution in [0.3, 0.4) is 0 Å². The number of nitrogens with zero attached hydrogens (tertiary/aromatic N) is 2. The SMILES string of the molecule is COC(=O)[C@@H]1CC[C@@H](c2nc(-c3ccc(F)c(F)c3)no2)O1. The topological polar surface area (TPSA) is 74.5 Å². The second-order valence-corrected chi connectivity index (χ2v) is 4.80. The summed E-state index contributed by atoms with van der Waals surface area (Å²) in [6.45, 7) is 0. The molecule has 0 unspecified atom stereocenters. The molecule has 1 aromatic carbocycles. The smallest absolute Gasteiger partial charge is 0.335 e. The Bertz CT molecular complexity index is 704. The van der Waals surface area contributed by atoms with Crippen molar-refractivity contribution >= 4 is 5.97 Å². The summed E-state index contributed by atoms with van der Waals surface area (Å²) in [5.74, 6) is -2.09. The van der Waals surface area contributed by atoms with E-state index in [1.54, 1.807) is 0 Å². The van der Waals surface area contributed by atoms with Gasteiger partial charge in [-0.15, -0.1) is 0 Å². The molecule has 0 spiro atoms. The normalized spacial score (nSPS) is 21.0. The number of halogens is 2. The number of ether oxygens (including phenoxy) is 2. The highest BCUT2D eigenvalue weighted by atomic mass is 19.2. The Hall–Kier alpha value is -2.35. The van der Waals surface area contributed by atoms with Gasteiger partial charge in [0.25, 0.3) is 5.89 Å². The third-order valence-corrected chi connectivity index (χ3v) is 3.38. The van der Waals surface area contributed by atoms with E-state index in [-0.39, 0.29) is 17.3 Å². The van der Waals surface area contributed by atoms with E-state index < -0.39 is 29.8 Å². The Balaban J connectivity index is 1.77. The summed E-state index contributed by atoms with van der Waals surface area (Å²) in [6.07, 6.45) is -0.163. The fourth-order valence-electron chi connectivity index (χ4n) is 2.24. The molecular formula is C14H12F2N2O4. The molecule has 2 atom stereocenters. The van der Waals surface area contributed by atoms with Crippen LogP contribution >= 0.6 is 0 Å². The van der Waals surface area contributed by atoms with Crippen molar-refractivity contribution in [2.24, 2.45) is 0 Å². The Morgan fingerprint density at radius 2 is 2.14 bits per heavy atom. The molecule has 116 valence electrons. The zero-order valence-corrected chi connectivity index (χ0v) is 11.6. The van der Waals surface area contributed by atoms with Crippen molar-refractivity contribution in [3.8, 4) is 11.4 Å². The molecule has 0 radical (unpaired) electrons. The second kappa shape index (κ2) is 5.80. The summed E-state index contributed by atoms with van der Waals surface area (Å²) in [4.78, 5) is 15.5. The first-order chi connectivity index (χ1) is 10.6. The summed E-state index contributed by atoms with van der Waals surface area (Å²) in [5, 5.41) is 3.72. The number of carbonyl (C=O) groups is 1. The maximum absolute atomic E-state index is 13.2. The minimum absolute atomic E-state index is 0.124. The molecule has 2 aromatic rings. The number of hydrogen-bond acceptors (Lipinski definition) is 6. The van der Waals surface area contributed by atoms with E-state index in [2.05, 4.69) is 14.9 Å². The van der Waals surface area contributed by atoms with E-state index in [0.29, 0.717) is 12.8 Å². The Morgan fingerprint density at radius 3 is 2.86 bits per heavy atom. The van der Waals surface area contributed by atoms with Gasteiger partial charge in [0.05, 0.1) is 7.11 Å². The number of methoxy groups -OCH3 is 1. The van der Waals surface area contributed by atoms with Gasteiger partial charge in [-0.05, 0) is 31.0 Å². The third kappa shape index (κ3) is 2.69. The van der Waals surface area contributed by atoms with Crippen molar-refractivity contribution in [3.63, 3.8) is 0 Å². The largest absolute Gasteiger partial charge is 0.467 e. The van der Waals surface area contributed by atoms with Crippen LogP contribution in [-0.4, -0.2) is 29.3 Å². The zero-order valence-electron chi connectivity index (χ0n) is 11.6. The van der Waals surface area contributed by atoms with Crippen molar-refractivity contribution in [2.75, 3.05) is 7.11 Å². The van der Waals surface area contributed by atoms with Crippen LogP contribution in [0.4, 0.5) is 8.78 Å². The van der Waals surface area contributed by atoms with Gasteiger partial charge in [-0.2, -0.15) is 4.98 Å². The molecular weight excluding hydrogens is 298 g/mol. The summed E-state index contributed by atoms with van der Waals surface area (Å²) in [5.41, 5.74) is 0.288. The van der Waals surface area contributed by atoms with Gasteiger partial charge in [0.2, 0.25) is 5.82 Å². The highest BCUT2D eigenvalue weighted by molar-refractivity contribution is 5.74. The van der Waals surface area contributed by atoms with Gasteiger partial charge >= 0.3 is 5.97 Å². The number of hydrogen-bond donors (Lipinski definition) is 0. The Labute approximate surface area is 124 Å². The lowest BCUT2D eigenvalue weighted by Gasteiger charge is -2.08. The molecule has 22 heavy (non-hydrogen) atoms. The quantitative estimate of drug-likeness (QED) is 0.810. The van der Waals surface area contributed by atoms with Crippen LogP contribution in [0.15, 0.2) is 22.7 Å². The molecule has 1 aliphatic heterocycles. The van der Waals surface area contributed by atoms with Crippen LogP contribution in [0.1, 0.15) is 24.8 Å². The molecule has 1 aromatic heterocycles. The average Bonchev–Trinajstić information content (AvgIpc) is 3.17. The molecule has 0 bridgehead atoms. The second-order valence-electron chi connectivity index (χ2n) is 4.80. The van der Waals surface area contributed by atoms with E-state index >= 15 is 0 Å². The summed E-state index contributed by atoms with van der Waals surface area (Å²) in [6, 6.07) is 3.32. The Morgan fingerprint density at radius 1 is 1.32 bits per heavy atom. The number of esters is 1. The predicted molar refractivity (Wildman–Crippen MR) is 68.5 cm³/mol. The van der Waals surface area contributed by atoms with Gasteiger partial charge in [0, 0.05) is 5.56 Å². The highest BCUT2D eigenvalue weighted by Gasteiger charge is 2.35. The average molecular weight is 310 g/mol. The molecule has 0 saturated carbocycles. The summed E-state index contributed by atoms with van der Waals surface area (Å²) < 4.78 is 41.3. The minimum Gasteiger partial charge on any atom is -0.467 e. The van der Waals surface area contributed by atoms with Crippen LogP contribution < -0.4 is 0 Å². The highest BCUT2D eigenvalue weighted by Crippen LogP contribution is 2.33. The minimum atomic E-state index is -0.994. The molecule has 0 N–H and O–H groups in total. The van der Waals surface area contributed by atoms with E-state index in [4.69, 9.17) is 9.26 Å². The van der Waals surface area contributed by atoms with E-state index in [1.165, 1.54) is 13.2 Å². The lowest BCUT2D eigenvalue weighted by Crippen LogP contribution is -2.21. The first-order valence-electron chi connectivity index (χ1n) is 6.61. The fraction of sp³-hybridized carbons (Fsp3) is 0.357. The standard InChI is InChI=1S/C14H12F2N2O4/c1-20-14(19)11-5-4-10(21-11)13-17-12(18-22-13)7-2-3-8(15)9(16)6-7/h2-3,6,10-11H,4-5H2,1H3/t10-,11-/m0/s1. The van der Waals surface area contributed by atoms with E-state index in [9.17, 15) is 13.6 Å². The van der Waals surface area contributed by atoms with Gasteiger partial charge in [-0.1, -0.05) is 5.16 Å². The first kappa shape index (κ1) is 14.6. The number of benzene rings is 1. The van der Waals surface area contributed by atoms with Crippen molar-refractivity contribution in [3.05, 3.63) is 35.7 Å². The van der Waals surface area contributed by atoms with Crippen LogP contribution in [0, 0.1) is 11.6 Å². The number of rotatable bonds is 3. The predicted octanol–water partition coefficient (Wildman–Crippen LogP) is 2.41. The Kier molecular flexibility index (Phi) is 3.84. The van der Waals surface area contributed by atoms with Crippen molar-refractivity contribution in [2.45, 2.75) is 25.0 Å².